The average molecular weight is 626 g/mol. The van der Waals surface area contributed by atoms with Crippen molar-refractivity contribution in [3.63, 3.8) is 0 Å². The number of halogens is 1. The summed E-state index contributed by atoms with van der Waals surface area (Å²) in [5.41, 5.74) is 1.53. The van der Waals surface area contributed by atoms with Crippen molar-refractivity contribution in [3.8, 4) is 27.7 Å². The lowest BCUT2D eigenvalue weighted by atomic mass is 9.97. The van der Waals surface area contributed by atoms with E-state index in [0.29, 0.717) is 49.3 Å². The lowest BCUT2D eigenvalue weighted by molar-refractivity contribution is 0.104. The van der Waals surface area contributed by atoms with Crippen molar-refractivity contribution in [3.05, 3.63) is 77.9 Å². The molecule has 12 heteroatoms. The Hall–Kier alpha value is -2.93. The van der Waals surface area contributed by atoms with E-state index in [1.165, 1.54) is 29.5 Å². The van der Waals surface area contributed by atoms with Crippen LogP contribution >= 0.6 is 27.3 Å². The molecule has 194 valence electrons. The number of carbonyl (C=O) groups excluding carboxylic acids is 1. The van der Waals surface area contributed by atoms with Gasteiger partial charge in [0, 0.05) is 31.4 Å². The van der Waals surface area contributed by atoms with Crippen molar-refractivity contribution in [2.45, 2.75) is 0 Å². The van der Waals surface area contributed by atoms with Crippen molar-refractivity contribution in [1.29, 1.82) is 0 Å². The summed E-state index contributed by atoms with van der Waals surface area (Å²) in [4.78, 5) is 14.4. The van der Waals surface area contributed by atoms with E-state index in [4.69, 9.17) is 13.1 Å². The van der Waals surface area contributed by atoms with Gasteiger partial charge in [-0.25, -0.2) is 0 Å². The SMILES string of the molecule is CS(=O)(=O)Oc1ccc(-c2sc3cc(OS(C)(=O)=O)ccc3c2C(=O)c2ccc(OCCBr)cc2)cc1. The molecule has 4 rings (SSSR count). The Morgan fingerprint density at radius 3 is 1.97 bits per heavy atom. The first kappa shape index (κ1) is 27.1. The number of carbonyl (C=O) groups is 1. The van der Waals surface area contributed by atoms with Crippen LogP contribution in [0.15, 0.2) is 66.7 Å². The van der Waals surface area contributed by atoms with Gasteiger partial charge in [0.05, 0.1) is 19.1 Å². The maximum absolute atomic E-state index is 13.7. The molecule has 8 nitrogen and oxygen atoms in total. The van der Waals surface area contributed by atoms with Gasteiger partial charge in [0.2, 0.25) is 0 Å². The molecule has 0 unspecified atom stereocenters. The van der Waals surface area contributed by atoms with Gasteiger partial charge in [-0.05, 0) is 72.3 Å². The molecule has 0 amide bonds. The minimum atomic E-state index is -3.73. The molecule has 4 aromatic rings. The first-order valence-electron chi connectivity index (χ1n) is 10.7. The molecule has 0 bridgehead atoms. The molecule has 0 radical (unpaired) electrons. The van der Waals surface area contributed by atoms with Gasteiger partial charge < -0.3 is 13.1 Å². The van der Waals surface area contributed by atoms with E-state index in [2.05, 4.69) is 15.9 Å². The number of hydrogen-bond acceptors (Lipinski definition) is 9. The lowest BCUT2D eigenvalue weighted by Crippen LogP contribution is -2.06. The number of alkyl halides is 1. The third kappa shape index (κ3) is 6.89. The first-order chi connectivity index (χ1) is 17.4. The predicted molar refractivity (Wildman–Crippen MR) is 147 cm³/mol. The summed E-state index contributed by atoms with van der Waals surface area (Å²) in [6.45, 7) is 0.490. The van der Waals surface area contributed by atoms with Crippen LogP contribution in [0.1, 0.15) is 15.9 Å². The number of thiophene rings is 1. The van der Waals surface area contributed by atoms with Crippen LogP contribution in [0.5, 0.6) is 17.2 Å². The molecule has 1 aromatic heterocycles. The van der Waals surface area contributed by atoms with E-state index in [1.807, 2.05) is 0 Å². The molecular formula is C25H21BrO8S3. The number of ketones is 1. The zero-order valence-electron chi connectivity index (χ0n) is 19.6. The highest BCUT2D eigenvalue weighted by molar-refractivity contribution is 9.09. The second-order valence-corrected chi connectivity index (χ2v) is 12.9. The number of hydrogen-bond donors (Lipinski definition) is 0. The van der Waals surface area contributed by atoms with Crippen molar-refractivity contribution < 1.29 is 34.7 Å². The first-order valence-corrected chi connectivity index (χ1v) is 16.3. The summed E-state index contributed by atoms with van der Waals surface area (Å²) in [6, 6.07) is 17.9. The third-order valence-electron chi connectivity index (χ3n) is 4.96. The van der Waals surface area contributed by atoms with Crippen LogP contribution in [-0.2, 0) is 20.2 Å². The van der Waals surface area contributed by atoms with Gasteiger partial charge in [0.1, 0.15) is 17.2 Å². The summed E-state index contributed by atoms with van der Waals surface area (Å²) < 4.78 is 62.3. The predicted octanol–water partition coefficient (Wildman–Crippen LogP) is 5.25. The van der Waals surface area contributed by atoms with Gasteiger partial charge in [-0.1, -0.05) is 15.9 Å². The molecule has 0 aliphatic heterocycles. The van der Waals surface area contributed by atoms with E-state index in [1.54, 1.807) is 48.5 Å². The van der Waals surface area contributed by atoms with Crippen LogP contribution in [-0.4, -0.2) is 47.1 Å². The summed E-state index contributed by atoms with van der Waals surface area (Å²) in [5.74, 6) is 0.673. The Morgan fingerprint density at radius 1 is 0.811 bits per heavy atom. The van der Waals surface area contributed by atoms with Crippen molar-refractivity contribution in [2.24, 2.45) is 0 Å². The number of benzene rings is 3. The molecule has 0 atom stereocenters. The fourth-order valence-corrected chi connectivity index (χ4v) is 5.88. The van der Waals surface area contributed by atoms with Crippen molar-refractivity contribution >= 4 is 63.4 Å². The Kier molecular flexibility index (Phi) is 7.93. The van der Waals surface area contributed by atoms with Crippen LogP contribution in [0, 0.1) is 0 Å². The maximum atomic E-state index is 13.7. The van der Waals surface area contributed by atoms with Gasteiger partial charge in [-0.2, -0.15) is 16.8 Å². The summed E-state index contributed by atoms with van der Waals surface area (Å²) in [6.07, 6.45) is 1.91. The highest BCUT2D eigenvalue weighted by Gasteiger charge is 2.23. The Bertz CT molecular complexity index is 1660. The molecule has 37 heavy (non-hydrogen) atoms. The Labute approximate surface area is 227 Å². The molecule has 0 spiro atoms. The van der Waals surface area contributed by atoms with Crippen molar-refractivity contribution in [2.75, 3.05) is 24.4 Å². The summed E-state index contributed by atoms with van der Waals surface area (Å²) >= 11 is 4.59. The minimum absolute atomic E-state index is 0.131. The standard InChI is InChI=1S/C25H21BrO8S3/c1-36(28,29)33-19-9-5-17(6-10-19)25-23(24(27)16-3-7-18(8-4-16)32-14-13-26)21-12-11-20(15-22(21)35-25)34-37(2,30)31/h3-12,15H,13-14H2,1-2H3. The largest absolute Gasteiger partial charge is 0.493 e. The van der Waals surface area contributed by atoms with E-state index in [9.17, 15) is 21.6 Å². The van der Waals surface area contributed by atoms with E-state index in [0.717, 1.165) is 12.5 Å². The maximum Gasteiger partial charge on any atom is 0.306 e. The number of fused-ring (bicyclic) bond motifs is 1. The van der Waals surface area contributed by atoms with E-state index < -0.39 is 20.2 Å². The van der Waals surface area contributed by atoms with Gasteiger partial charge in [-0.15, -0.1) is 11.3 Å². The normalized spacial score (nSPS) is 11.9. The van der Waals surface area contributed by atoms with E-state index in [-0.39, 0.29) is 17.3 Å². The second-order valence-electron chi connectivity index (χ2n) is 7.95. The van der Waals surface area contributed by atoms with Crippen LogP contribution in [0.3, 0.4) is 0 Å². The molecule has 0 saturated carbocycles. The fraction of sp³-hybridized carbons (Fsp3) is 0.160. The van der Waals surface area contributed by atoms with Crippen molar-refractivity contribution in [1.82, 2.24) is 0 Å². The fourth-order valence-electron chi connectivity index (χ4n) is 3.57. The molecule has 1 heterocycles. The Balaban J connectivity index is 1.81. The average Bonchev–Trinajstić information content (AvgIpc) is 3.19. The van der Waals surface area contributed by atoms with Crippen LogP contribution in [0.2, 0.25) is 0 Å². The van der Waals surface area contributed by atoms with Crippen LogP contribution in [0.25, 0.3) is 20.5 Å². The molecule has 0 N–H and O–H groups in total. The zero-order valence-corrected chi connectivity index (χ0v) is 23.7. The summed E-state index contributed by atoms with van der Waals surface area (Å²) in [7, 11) is -7.42. The third-order valence-corrected chi connectivity index (χ3v) is 7.48. The molecule has 3 aromatic carbocycles. The monoisotopic (exact) mass is 624 g/mol. The molecule has 0 aliphatic rings. The highest BCUT2D eigenvalue weighted by atomic mass is 79.9. The van der Waals surface area contributed by atoms with Gasteiger partial charge >= 0.3 is 20.2 Å². The smallest absolute Gasteiger partial charge is 0.306 e. The Morgan fingerprint density at radius 2 is 1.38 bits per heavy atom. The van der Waals surface area contributed by atoms with E-state index >= 15 is 0 Å². The highest BCUT2D eigenvalue weighted by Crippen LogP contribution is 2.42. The van der Waals surface area contributed by atoms with Gasteiger partial charge in [0.15, 0.2) is 5.78 Å². The quantitative estimate of drug-likeness (QED) is 0.134. The van der Waals surface area contributed by atoms with Crippen LogP contribution in [0.4, 0.5) is 0 Å². The topological polar surface area (TPSA) is 113 Å². The minimum Gasteiger partial charge on any atom is -0.493 e. The molecule has 0 fully saturated rings. The zero-order chi connectivity index (χ0) is 26.8. The van der Waals surface area contributed by atoms with Crippen LogP contribution < -0.4 is 13.1 Å². The lowest BCUT2D eigenvalue weighted by Gasteiger charge is -2.08. The molecular weight excluding hydrogens is 604 g/mol. The summed E-state index contributed by atoms with van der Waals surface area (Å²) in [5, 5.41) is 1.30. The second kappa shape index (κ2) is 10.8. The molecule has 0 aliphatic carbocycles. The number of ether oxygens (including phenoxy) is 1. The number of rotatable bonds is 10. The van der Waals surface area contributed by atoms with Gasteiger partial charge in [0.25, 0.3) is 0 Å². The van der Waals surface area contributed by atoms with Gasteiger partial charge in [-0.3, -0.25) is 4.79 Å². The molecule has 0 saturated heterocycles.